The van der Waals surface area contributed by atoms with E-state index in [9.17, 15) is 4.79 Å². The fraction of sp³-hybridized carbons (Fsp3) is 0.192. The van der Waals surface area contributed by atoms with E-state index in [0.717, 1.165) is 17.0 Å². The van der Waals surface area contributed by atoms with E-state index in [0.29, 0.717) is 53.0 Å². The molecule has 0 atom stereocenters. The Balaban J connectivity index is 1.37. The van der Waals surface area contributed by atoms with Crippen LogP contribution in [0.15, 0.2) is 71.9 Å². The van der Waals surface area contributed by atoms with E-state index in [2.05, 4.69) is 15.5 Å². The Labute approximate surface area is 217 Å². The summed E-state index contributed by atoms with van der Waals surface area (Å²) in [6.07, 6.45) is 0. The standard InChI is InChI=1S/C26H23ClN4O4S/c1-2-33-21-9-7-20(8-10-21)31-25(17-4-3-5-18(27)14-17)29-30-26(31)36-16-24(32)28-19-6-11-22-23(15-19)35-13-12-34-22/h3-11,14-15H,2,12-13,16H2,1H3,(H,28,32). The Morgan fingerprint density at radius 2 is 1.86 bits per heavy atom. The normalized spacial score (nSPS) is 12.3. The summed E-state index contributed by atoms with van der Waals surface area (Å²) in [5, 5.41) is 12.9. The van der Waals surface area contributed by atoms with Crippen LogP contribution in [0.2, 0.25) is 5.02 Å². The molecule has 1 aliphatic rings. The highest BCUT2D eigenvalue weighted by Gasteiger charge is 2.18. The first kappa shape index (κ1) is 24.0. The first-order valence-electron chi connectivity index (χ1n) is 11.4. The van der Waals surface area contributed by atoms with Gasteiger partial charge in [-0.25, -0.2) is 0 Å². The summed E-state index contributed by atoms with van der Waals surface area (Å²) in [7, 11) is 0. The Morgan fingerprint density at radius 1 is 1.06 bits per heavy atom. The minimum Gasteiger partial charge on any atom is -0.494 e. The smallest absolute Gasteiger partial charge is 0.234 e. The summed E-state index contributed by atoms with van der Waals surface area (Å²) in [5.41, 5.74) is 2.29. The zero-order valence-electron chi connectivity index (χ0n) is 19.4. The van der Waals surface area contributed by atoms with Crippen molar-refractivity contribution in [1.82, 2.24) is 14.8 Å². The Bertz CT molecular complexity index is 1380. The van der Waals surface area contributed by atoms with E-state index >= 15 is 0 Å². The van der Waals surface area contributed by atoms with Crippen molar-refractivity contribution in [2.24, 2.45) is 0 Å². The largest absolute Gasteiger partial charge is 0.494 e. The maximum atomic E-state index is 12.7. The van der Waals surface area contributed by atoms with Gasteiger partial charge in [0.05, 0.1) is 12.4 Å². The molecule has 2 heterocycles. The lowest BCUT2D eigenvalue weighted by atomic mass is 10.2. The highest BCUT2D eigenvalue weighted by molar-refractivity contribution is 7.99. The molecule has 1 amide bonds. The molecule has 0 bridgehead atoms. The number of carbonyl (C=O) groups is 1. The quantitative estimate of drug-likeness (QED) is 0.306. The van der Waals surface area contributed by atoms with Gasteiger partial charge in [-0.3, -0.25) is 9.36 Å². The minimum atomic E-state index is -0.178. The first-order chi connectivity index (χ1) is 17.6. The van der Waals surface area contributed by atoms with Gasteiger partial charge in [0.15, 0.2) is 22.5 Å². The van der Waals surface area contributed by atoms with E-state index < -0.39 is 0 Å². The molecule has 0 saturated heterocycles. The van der Waals surface area contributed by atoms with Crippen molar-refractivity contribution >= 4 is 35.0 Å². The van der Waals surface area contributed by atoms with Gasteiger partial charge in [0.25, 0.3) is 0 Å². The number of thioether (sulfide) groups is 1. The van der Waals surface area contributed by atoms with Gasteiger partial charge in [0.2, 0.25) is 5.91 Å². The van der Waals surface area contributed by atoms with Gasteiger partial charge >= 0.3 is 0 Å². The van der Waals surface area contributed by atoms with Crippen LogP contribution in [0.5, 0.6) is 17.2 Å². The molecular formula is C26H23ClN4O4S. The van der Waals surface area contributed by atoms with Crippen LogP contribution in [0, 0.1) is 0 Å². The third-order valence-electron chi connectivity index (χ3n) is 5.28. The van der Waals surface area contributed by atoms with Crippen molar-refractivity contribution in [1.29, 1.82) is 0 Å². The van der Waals surface area contributed by atoms with E-state index in [4.69, 9.17) is 25.8 Å². The van der Waals surface area contributed by atoms with Gasteiger partial charge in [-0.2, -0.15) is 0 Å². The molecule has 1 aromatic heterocycles. The molecule has 1 aliphatic heterocycles. The Kier molecular flexibility index (Phi) is 7.29. The van der Waals surface area contributed by atoms with Crippen LogP contribution in [-0.2, 0) is 4.79 Å². The third kappa shape index (κ3) is 5.42. The molecule has 36 heavy (non-hydrogen) atoms. The summed E-state index contributed by atoms with van der Waals surface area (Å²) in [6, 6.07) is 20.4. The van der Waals surface area contributed by atoms with Gasteiger partial charge in [0.1, 0.15) is 19.0 Å². The number of hydrogen-bond acceptors (Lipinski definition) is 7. The topological polar surface area (TPSA) is 87.5 Å². The van der Waals surface area contributed by atoms with E-state index in [1.54, 1.807) is 24.3 Å². The lowest BCUT2D eigenvalue weighted by molar-refractivity contribution is -0.113. The highest BCUT2D eigenvalue weighted by atomic mass is 35.5. The number of amides is 1. The maximum Gasteiger partial charge on any atom is 0.234 e. The van der Waals surface area contributed by atoms with Gasteiger partial charge < -0.3 is 19.5 Å². The fourth-order valence-corrected chi connectivity index (χ4v) is 4.66. The molecule has 0 spiro atoms. The van der Waals surface area contributed by atoms with Crippen molar-refractivity contribution in [3.05, 3.63) is 71.8 Å². The second kappa shape index (κ2) is 10.9. The van der Waals surface area contributed by atoms with Gasteiger partial charge in [-0.05, 0) is 55.5 Å². The number of anilines is 1. The molecule has 3 aromatic carbocycles. The number of benzene rings is 3. The first-order valence-corrected chi connectivity index (χ1v) is 12.7. The number of ether oxygens (including phenoxy) is 3. The Hall–Kier alpha value is -3.69. The molecule has 4 aromatic rings. The Morgan fingerprint density at radius 3 is 2.64 bits per heavy atom. The fourth-order valence-electron chi connectivity index (χ4n) is 3.72. The molecular weight excluding hydrogens is 500 g/mol. The second-order valence-electron chi connectivity index (χ2n) is 7.77. The van der Waals surface area contributed by atoms with E-state index in [1.807, 2.05) is 54.0 Å². The van der Waals surface area contributed by atoms with E-state index in [-0.39, 0.29) is 11.7 Å². The molecule has 0 radical (unpaired) electrons. The molecule has 184 valence electrons. The summed E-state index contributed by atoms with van der Waals surface area (Å²) in [4.78, 5) is 12.7. The molecule has 8 nitrogen and oxygen atoms in total. The SMILES string of the molecule is CCOc1ccc(-n2c(SCC(=O)Nc3ccc4c(c3)OCCO4)nnc2-c2cccc(Cl)c2)cc1. The number of carbonyl (C=O) groups excluding carboxylic acids is 1. The molecule has 10 heteroatoms. The summed E-state index contributed by atoms with van der Waals surface area (Å²) < 4.78 is 18.6. The molecule has 0 unspecified atom stereocenters. The van der Waals surface area contributed by atoms with Crippen LogP contribution in [0.25, 0.3) is 17.1 Å². The minimum absolute atomic E-state index is 0.138. The van der Waals surface area contributed by atoms with Crippen LogP contribution in [0.3, 0.4) is 0 Å². The van der Waals surface area contributed by atoms with Gasteiger partial charge in [0, 0.05) is 28.0 Å². The van der Waals surface area contributed by atoms with Crippen LogP contribution < -0.4 is 19.5 Å². The molecule has 1 N–H and O–H groups in total. The zero-order chi connectivity index (χ0) is 24.9. The lowest BCUT2D eigenvalue weighted by Crippen LogP contribution is -2.17. The molecule has 0 saturated carbocycles. The monoisotopic (exact) mass is 522 g/mol. The van der Waals surface area contributed by atoms with Crippen LogP contribution in [0.1, 0.15) is 6.92 Å². The van der Waals surface area contributed by atoms with Crippen LogP contribution >= 0.6 is 23.4 Å². The van der Waals surface area contributed by atoms with Gasteiger partial charge in [-0.1, -0.05) is 35.5 Å². The van der Waals surface area contributed by atoms with Crippen molar-refractivity contribution in [2.75, 3.05) is 30.9 Å². The molecule has 5 rings (SSSR count). The zero-order valence-corrected chi connectivity index (χ0v) is 21.0. The summed E-state index contributed by atoms with van der Waals surface area (Å²) >= 11 is 7.52. The average Bonchev–Trinajstić information content (AvgIpc) is 3.32. The number of nitrogens with zero attached hydrogens (tertiary/aromatic N) is 3. The van der Waals surface area contributed by atoms with Crippen LogP contribution in [-0.4, -0.2) is 46.2 Å². The highest BCUT2D eigenvalue weighted by Crippen LogP contribution is 2.33. The summed E-state index contributed by atoms with van der Waals surface area (Å²) in [6.45, 7) is 3.52. The number of halogens is 1. The summed E-state index contributed by atoms with van der Waals surface area (Å²) in [5.74, 6) is 2.64. The maximum absolute atomic E-state index is 12.7. The molecule has 0 fully saturated rings. The van der Waals surface area contributed by atoms with Crippen molar-refractivity contribution in [2.45, 2.75) is 12.1 Å². The number of fused-ring (bicyclic) bond motifs is 1. The number of hydrogen-bond donors (Lipinski definition) is 1. The molecule has 0 aliphatic carbocycles. The van der Waals surface area contributed by atoms with Crippen molar-refractivity contribution in [3.8, 4) is 34.3 Å². The second-order valence-corrected chi connectivity index (χ2v) is 9.15. The van der Waals surface area contributed by atoms with Gasteiger partial charge in [-0.15, -0.1) is 10.2 Å². The number of aromatic nitrogens is 3. The van der Waals surface area contributed by atoms with Crippen LogP contribution in [0.4, 0.5) is 5.69 Å². The lowest BCUT2D eigenvalue weighted by Gasteiger charge is -2.19. The third-order valence-corrected chi connectivity index (χ3v) is 6.44. The van der Waals surface area contributed by atoms with E-state index in [1.165, 1.54) is 11.8 Å². The van der Waals surface area contributed by atoms with Crippen molar-refractivity contribution in [3.63, 3.8) is 0 Å². The number of rotatable bonds is 8. The number of nitrogens with one attached hydrogen (secondary N) is 1. The average molecular weight is 523 g/mol. The predicted molar refractivity (Wildman–Crippen MR) is 140 cm³/mol. The van der Waals surface area contributed by atoms with Crippen molar-refractivity contribution < 1.29 is 19.0 Å². The predicted octanol–water partition coefficient (Wildman–Crippen LogP) is 5.49.